The molecule has 3 atom stereocenters. The quantitative estimate of drug-likeness (QED) is 0.173. The minimum absolute atomic E-state index is 0.0339. The number of amides is 1. The lowest BCUT2D eigenvalue weighted by Gasteiger charge is -2.46. The summed E-state index contributed by atoms with van der Waals surface area (Å²) < 4.78 is 7.21. The number of nitrogens with zero attached hydrogens (tertiary/aromatic N) is 1. The van der Waals surface area contributed by atoms with Crippen LogP contribution in [-0.4, -0.2) is 31.8 Å². The van der Waals surface area contributed by atoms with E-state index in [9.17, 15) is 4.79 Å². The highest BCUT2D eigenvalue weighted by atomic mass is 35.5. The van der Waals surface area contributed by atoms with Gasteiger partial charge in [-0.25, -0.2) is 0 Å². The third kappa shape index (κ3) is 6.63. The van der Waals surface area contributed by atoms with Gasteiger partial charge in [-0.3, -0.25) is 4.79 Å². The summed E-state index contributed by atoms with van der Waals surface area (Å²) in [5, 5.41) is 3.81. The van der Waals surface area contributed by atoms with E-state index in [2.05, 4.69) is 111 Å². The molecule has 0 radical (unpaired) electrons. The molecule has 1 fully saturated rings. The minimum atomic E-state index is -2.68. The van der Waals surface area contributed by atoms with E-state index >= 15 is 0 Å². The van der Waals surface area contributed by atoms with E-state index < -0.39 is 8.32 Å². The van der Waals surface area contributed by atoms with Gasteiger partial charge in [-0.05, 0) is 70.6 Å². The zero-order chi connectivity index (χ0) is 30.6. The maximum absolute atomic E-state index is 13.7. The molecule has 43 heavy (non-hydrogen) atoms. The van der Waals surface area contributed by atoms with Gasteiger partial charge in [-0.2, -0.15) is 0 Å². The lowest BCUT2D eigenvalue weighted by atomic mass is 9.79. The summed E-state index contributed by atoms with van der Waals surface area (Å²) in [6.07, 6.45) is 2.00. The molecular formula is C37H41Cl2NO2Si. The monoisotopic (exact) mass is 629 g/mol. The first kappa shape index (κ1) is 31.5. The maximum atomic E-state index is 13.7. The average molecular weight is 631 g/mol. The van der Waals surface area contributed by atoms with Gasteiger partial charge in [0, 0.05) is 35.0 Å². The number of carbonyl (C=O) groups excluding carboxylic acids is 1. The molecule has 0 unspecified atom stereocenters. The van der Waals surface area contributed by atoms with Crippen molar-refractivity contribution < 1.29 is 9.22 Å². The second-order valence-electron chi connectivity index (χ2n) is 12.6. The van der Waals surface area contributed by atoms with E-state index in [1.54, 1.807) is 0 Å². The summed E-state index contributed by atoms with van der Waals surface area (Å²) in [5.41, 5.74) is 2.24. The molecule has 3 nitrogen and oxygen atoms in total. The van der Waals surface area contributed by atoms with Gasteiger partial charge in [0.15, 0.2) is 0 Å². The fraction of sp³-hybridized carbons (Fsp3) is 0.324. The molecule has 1 heterocycles. The molecule has 4 aromatic rings. The van der Waals surface area contributed by atoms with Crippen molar-refractivity contribution in [3.63, 3.8) is 0 Å². The summed E-state index contributed by atoms with van der Waals surface area (Å²) in [6, 6.07) is 37.3. The SMILES string of the molecule is C[C@@H](CCO[Si](c1ccccc1)(c1ccccc1)C(C)(C)C)N1C(=O)CC[C@H](c2cccc(Cl)c2)[C@H]1c1ccc(Cl)cc1. The fourth-order valence-electron chi connectivity index (χ4n) is 6.86. The molecule has 1 saturated heterocycles. The Labute approximate surface area is 267 Å². The van der Waals surface area contributed by atoms with Crippen LogP contribution < -0.4 is 10.4 Å². The second kappa shape index (κ2) is 13.4. The number of halogens is 2. The van der Waals surface area contributed by atoms with Crippen LogP contribution in [0.25, 0.3) is 0 Å². The van der Waals surface area contributed by atoms with Gasteiger partial charge in [-0.1, -0.05) is 129 Å². The van der Waals surface area contributed by atoms with Crippen molar-refractivity contribution in [2.75, 3.05) is 6.61 Å². The van der Waals surface area contributed by atoms with E-state index in [0.29, 0.717) is 23.1 Å². The number of benzene rings is 4. The highest BCUT2D eigenvalue weighted by Crippen LogP contribution is 2.45. The lowest BCUT2D eigenvalue weighted by Crippen LogP contribution is -2.66. The topological polar surface area (TPSA) is 29.5 Å². The smallest absolute Gasteiger partial charge is 0.261 e. The van der Waals surface area contributed by atoms with Crippen LogP contribution in [0.15, 0.2) is 109 Å². The largest absolute Gasteiger partial charge is 0.407 e. The Morgan fingerprint density at radius 3 is 1.98 bits per heavy atom. The average Bonchev–Trinajstić information content (AvgIpc) is 3.00. The third-order valence-corrected chi connectivity index (χ3v) is 14.4. The number of piperidine rings is 1. The highest BCUT2D eigenvalue weighted by Gasteiger charge is 2.50. The zero-order valence-corrected chi connectivity index (χ0v) is 28.0. The van der Waals surface area contributed by atoms with Gasteiger partial charge in [0.2, 0.25) is 5.91 Å². The molecule has 0 saturated carbocycles. The van der Waals surface area contributed by atoms with Crippen molar-refractivity contribution in [2.24, 2.45) is 0 Å². The first-order valence-corrected chi connectivity index (χ1v) is 17.9. The predicted molar refractivity (Wildman–Crippen MR) is 182 cm³/mol. The van der Waals surface area contributed by atoms with E-state index in [0.717, 1.165) is 24.0 Å². The summed E-state index contributed by atoms with van der Waals surface area (Å²) in [6.45, 7) is 9.60. The number of rotatable bonds is 9. The van der Waals surface area contributed by atoms with Crippen LogP contribution in [0.1, 0.15) is 70.0 Å². The van der Waals surface area contributed by atoms with Crippen LogP contribution in [-0.2, 0) is 9.22 Å². The molecule has 1 amide bonds. The summed E-state index contributed by atoms with van der Waals surface area (Å²) in [7, 11) is -2.68. The first-order valence-electron chi connectivity index (χ1n) is 15.2. The minimum Gasteiger partial charge on any atom is -0.407 e. The summed E-state index contributed by atoms with van der Waals surface area (Å²) in [5.74, 6) is 0.300. The standard InChI is InChI=1S/C37H41Cl2NO2Si/c1-27(24-25-42-43(37(2,3)4,32-14-7-5-8-15-32)33-16-9-6-10-17-33)40-35(41)23-22-34(29-12-11-13-31(39)26-29)36(40)28-18-20-30(38)21-19-28/h5-21,26-27,34,36H,22-25H2,1-4H3/t27-,34+,36+/m0/s1. The second-order valence-corrected chi connectivity index (χ2v) is 17.8. The number of likely N-dealkylation sites (tertiary alicyclic amines) is 1. The number of hydrogen-bond donors (Lipinski definition) is 0. The van der Waals surface area contributed by atoms with E-state index in [1.807, 2.05) is 30.3 Å². The van der Waals surface area contributed by atoms with Crippen LogP contribution in [0.5, 0.6) is 0 Å². The predicted octanol–water partition coefficient (Wildman–Crippen LogP) is 8.80. The Morgan fingerprint density at radius 2 is 1.42 bits per heavy atom. The molecule has 1 aliphatic heterocycles. The Hall–Kier alpha value is -2.89. The molecule has 1 aliphatic rings. The van der Waals surface area contributed by atoms with Crippen LogP contribution in [0.3, 0.4) is 0 Å². The van der Waals surface area contributed by atoms with Crippen molar-refractivity contribution in [1.29, 1.82) is 0 Å². The molecule has 0 aromatic heterocycles. The molecule has 224 valence electrons. The summed E-state index contributed by atoms with van der Waals surface area (Å²) in [4.78, 5) is 15.8. The molecule has 0 spiro atoms. The normalized spacial score (nSPS) is 18.5. The Morgan fingerprint density at radius 1 is 0.814 bits per heavy atom. The van der Waals surface area contributed by atoms with Crippen LogP contribution in [0, 0.1) is 0 Å². The van der Waals surface area contributed by atoms with Crippen molar-refractivity contribution in [2.45, 2.75) is 70.0 Å². The van der Waals surface area contributed by atoms with Gasteiger partial charge in [0.25, 0.3) is 8.32 Å². The Kier molecular flexibility index (Phi) is 9.82. The van der Waals surface area contributed by atoms with E-state index in [-0.39, 0.29) is 28.9 Å². The molecule has 6 heteroatoms. The van der Waals surface area contributed by atoms with Crippen LogP contribution in [0.2, 0.25) is 15.1 Å². The Balaban J connectivity index is 1.47. The number of carbonyl (C=O) groups is 1. The maximum Gasteiger partial charge on any atom is 0.261 e. The van der Waals surface area contributed by atoms with Crippen molar-refractivity contribution in [3.8, 4) is 0 Å². The zero-order valence-electron chi connectivity index (χ0n) is 25.5. The lowest BCUT2D eigenvalue weighted by molar-refractivity contribution is -0.140. The molecule has 0 bridgehead atoms. The van der Waals surface area contributed by atoms with Gasteiger partial charge in [0.1, 0.15) is 0 Å². The molecular weight excluding hydrogens is 589 g/mol. The molecule has 0 aliphatic carbocycles. The first-order chi connectivity index (χ1) is 20.6. The fourth-order valence-corrected chi connectivity index (χ4v) is 11.8. The highest BCUT2D eigenvalue weighted by molar-refractivity contribution is 6.99. The molecule has 0 N–H and O–H groups in total. The van der Waals surface area contributed by atoms with Gasteiger partial charge in [-0.15, -0.1) is 0 Å². The van der Waals surface area contributed by atoms with Gasteiger partial charge in [0.05, 0.1) is 6.04 Å². The van der Waals surface area contributed by atoms with Crippen molar-refractivity contribution >= 4 is 47.8 Å². The molecule has 5 rings (SSSR count). The third-order valence-electron chi connectivity index (χ3n) is 8.87. The van der Waals surface area contributed by atoms with Crippen molar-refractivity contribution in [1.82, 2.24) is 4.90 Å². The number of hydrogen-bond acceptors (Lipinski definition) is 2. The molecule has 4 aromatic carbocycles. The summed E-state index contributed by atoms with van der Waals surface area (Å²) >= 11 is 12.7. The van der Waals surface area contributed by atoms with Crippen LogP contribution in [0.4, 0.5) is 0 Å². The van der Waals surface area contributed by atoms with E-state index in [1.165, 1.54) is 10.4 Å². The van der Waals surface area contributed by atoms with Crippen LogP contribution >= 0.6 is 23.2 Å². The Bertz CT molecular complexity index is 1470. The van der Waals surface area contributed by atoms with E-state index in [4.69, 9.17) is 27.6 Å². The van der Waals surface area contributed by atoms with Gasteiger partial charge < -0.3 is 9.33 Å². The van der Waals surface area contributed by atoms with Gasteiger partial charge >= 0.3 is 0 Å². The van der Waals surface area contributed by atoms with Crippen molar-refractivity contribution in [3.05, 3.63) is 130 Å².